The van der Waals surface area contributed by atoms with Gasteiger partial charge in [-0.15, -0.1) is 0 Å². The first-order chi connectivity index (χ1) is 18.5. The first-order valence-electron chi connectivity index (χ1n) is 12.9. The van der Waals surface area contributed by atoms with E-state index in [0.717, 1.165) is 64.3 Å². The number of nitrogens with zero attached hydrogens (tertiary/aromatic N) is 2. The molecular weight excluding hydrogens is 502 g/mol. The summed E-state index contributed by atoms with van der Waals surface area (Å²) in [5.41, 5.74) is 4.07. The van der Waals surface area contributed by atoms with Gasteiger partial charge >= 0.3 is 5.97 Å². The lowest BCUT2D eigenvalue weighted by Gasteiger charge is -2.13. The minimum Gasteiger partial charge on any atom is -0.497 e. The Balaban J connectivity index is 1.76. The fraction of sp³-hybridized carbons (Fsp3) is 0.414. The zero-order valence-electron chi connectivity index (χ0n) is 22.6. The second-order valence-electron chi connectivity index (χ2n) is 8.56. The highest BCUT2D eigenvalue weighted by Gasteiger charge is 2.20. The lowest BCUT2D eigenvalue weighted by atomic mass is 10.0. The standard InChI is InChI=1S/C29H37N3O5S/c1-5-19-32-28(22-10-14-24(36-4)15-11-22)27(21-8-12-23(35-3)13-9-21)31-29(32)38-20-7-18-30-25(33)16-17-26(34)37-6-2/h8-15H,5-7,16-20H2,1-4H3,(H,30,33). The number of nitrogens with one attached hydrogen (secondary N) is 1. The summed E-state index contributed by atoms with van der Waals surface area (Å²) in [5, 5.41) is 3.83. The van der Waals surface area contributed by atoms with Crippen molar-refractivity contribution in [3.63, 3.8) is 0 Å². The Bertz CT molecular complexity index is 1180. The average Bonchev–Trinajstić information content (AvgIpc) is 3.30. The molecule has 38 heavy (non-hydrogen) atoms. The third kappa shape index (κ3) is 8.02. The molecule has 0 spiro atoms. The van der Waals surface area contributed by atoms with Gasteiger partial charge in [0.1, 0.15) is 11.5 Å². The molecule has 2 aromatic carbocycles. The molecule has 3 aromatic rings. The maximum atomic E-state index is 12.0. The van der Waals surface area contributed by atoms with Crippen LogP contribution in [0.5, 0.6) is 11.5 Å². The third-order valence-corrected chi connectivity index (χ3v) is 6.91. The molecular formula is C29H37N3O5S. The average molecular weight is 540 g/mol. The highest BCUT2D eigenvalue weighted by Crippen LogP contribution is 2.37. The van der Waals surface area contributed by atoms with Crippen molar-refractivity contribution in [2.75, 3.05) is 33.1 Å². The molecule has 0 unspecified atom stereocenters. The van der Waals surface area contributed by atoms with Crippen LogP contribution in [-0.4, -0.2) is 54.6 Å². The van der Waals surface area contributed by atoms with Gasteiger partial charge in [-0.1, -0.05) is 18.7 Å². The summed E-state index contributed by atoms with van der Waals surface area (Å²) >= 11 is 1.68. The number of rotatable bonds is 15. The van der Waals surface area contributed by atoms with Gasteiger partial charge in [-0.3, -0.25) is 9.59 Å². The largest absolute Gasteiger partial charge is 0.497 e. The highest BCUT2D eigenvalue weighted by molar-refractivity contribution is 7.99. The van der Waals surface area contributed by atoms with E-state index in [9.17, 15) is 9.59 Å². The van der Waals surface area contributed by atoms with E-state index in [1.807, 2.05) is 36.4 Å². The van der Waals surface area contributed by atoms with Crippen LogP contribution in [0.25, 0.3) is 22.5 Å². The van der Waals surface area contributed by atoms with Gasteiger partial charge in [-0.25, -0.2) is 4.98 Å². The van der Waals surface area contributed by atoms with Crippen LogP contribution in [0, 0.1) is 0 Å². The number of aromatic nitrogens is 2. The van der Waals surface area contributed by atoms with Crippen LogP contribution in [0.4, 0.5) is 0 Å². The molecule has 1 amide bonds. The van der Waals surface area contributed by atoms with Crippen molar-refractivity contribution in [1.82, 2.24) is 14.9 Å². The minimum absolute atomic E-state index is 0.102. The molecule has 0 fully saturated rings. The number of hydrogen-bond donors (Lipinski definition) is 1. The molecule has 0 saturated carbocycles. The van der Waals surface area contributed by atoms with E-state index in [1.54, 1.807) is 32.9 Å². The minimum atomic E-state index is -0.346. The first-order valence-corrected chi connectivity index (χ1v) is 13.9. The Kier molecular flexibility index (Phi) is 11.5. The maximum absolute atomic E-state index is 12.0. The van der Waals surface area contributed by atoms with Crippen LogP contribution in [0.3, 0.4) is 0 Å². The van der Waals surface area contributed by atoms with Crippen LogP contribution in [-0.2, 0) is 20.9 Å². The molecule has 0 radical (unpaired) electrons. The van der Waals surface area contributed by atoms with Gasteiger partial charge in [0.05, 0.1) is 38.6 Å². The summed E-state index contributed by atoms with van der Waals surface area (Å²) in [7, 11) is 3.32. The van der Waals surface area contributed by atoms with Gasteiger partial charge in [0.2, 0.25) is 5.91 Å². The third-order valence-electron chi connectivity index (χ3n) is 5.84. The number of amides is 1. The summed E-state index contributed by atoms with van der Waals surface area (Å²) < 4.78 is 17.9. The molecule has 0 aliphatic heterocycles. The fourth-order valence-corrected chi connectivity index (χ4v) is 4.93. The summed E-state index contributed by atoms with van der Waals surface area (Å²) in [6.45, 7) is 5.61. The van der Waals surface area contributed by atoms with Crippen molar-refractivity contribution in [3.05, 3.63) is 48.5 Å². The van der Waals surface area contributed by atoms with Crippen molar-refractivity contribution in [2.45, 2.75) is 51.2 Å². The number of imidazole rings is 1. The Morgan fingerprint density at radius 3 is 2.13 bits per heavy atom. The zero-order valence-corrected chi connectivity index (χ0v) is 23.4. The number of carbonyl (C=O) groups is 2. The number of methoxy groups -OCH3 is 2. The maximum Gasteiger partial charge on any atom is 0.306 e. The van der Waals surface area contributed by atoms with E-state index in [4.69, 9.17) is 19.2 Å². The SMILES string of the molecule is CCCn1c(SCCCNC(=O)CCC(=O)OCC)nc(-c2ccc(OC)cc2)c1-c1ccc(OC)cc1. The van der Waals surface area contributed by atoms with Gasteiger partial charge in [-0.2, -0.15) is 0 Å². The van der Waals surface area contributed by atoms with Crippen LogP contribution >= 0.6 is 11.8 Å². The summed E-state index contributed by atoms with van der Waals surface area (Å²) in [6, 6.07) is 16.0. The van der Waals surface area contributed by atoms with Gasteiger partial charge < -0.3 is 24.1 Å². The lowest BCUT2D eigenvalue weighted by Crippen LogP contribution is -2.25. The van der Waals surface area contributed by atoms with E-state index < -0.39 is 0 Å². The molecule has 8 nitrogen and oxygen atoms in total. The molecule has 0 atom stereocenters. The van der Waals surface area contributed by atoms with E-state index in [0.29, 0.717) is 13.2 Å². The Labute approximate surface area is 229 Å². The van der Waals surface area contributed by atoms with Crippen molar-refractivity contribution >= 4 is 23.6 Å². The number of hydrogen-bond acceptors (Lipinski definition) is 7. The molecule has 204 valence electrons. The fourth-order valence-electron chi connectivity index (χ4n) is 3.97. The highest BCUT2D eigenvalue weighted by atomic mass is 32.2. The molecule has 0 aliphatic carbocycles. The topological polar surface area (TPSA) is 91.7 Å². The Morgan fingerprint density at radius 1 is 0.921 bits per heavy atom. The van der Waals surface area contributed by atoms with Gasteiger partial charge in [0.15, 0.2) is 5.16 Å². The predicted molar refractivity (Wildman–Crippen MR) is 151 cm³/mol. The molecule has 1 N–H and O–H groups in total. The number of thioether (sulfide) groups is 1. The van der Waals surface area contributed by atoms with Gasteiger partial charge in [-0.05, 0) is 68.3 Å². The van der Waals surface area contributed by atoms with Crippen molar-refractivity contribution in [1.29, 1.82) is 0 Å². The number of ether oxygens (including phenoxy) is 3. The first kappa shape index (κ1) is 29.1. The van der Waals surface area contributed by atoms with Crippen LogP contribution in [0.1, 0.15) is 39.5 Å². The molecule has 0 bridgehead atoms. The van der Waals surface area contributed by atoms with E-state index in [1.165, 1.54) is 0 Å². The predicted octanol–water partition coefficient (Wildman–Crippen LogP) is 5.59. The number of carbonyl (C=O) groups excluding carboxylic acids is 2. The molecule has 9 heteroatoms. The second kappa shape index (κ2) is 15.1. The number of esters is 1. The molecule has 3 rings (SSSR count). The molecule has 0 saturated heterocycles. The Morgan fingerprint density at radius 2 is 1.55 bits per heavy atom. The van der Waals surface area contributed by atoms with E-state index in [-0.39, 0.29) is 24.7 Å². The second-order valence-corrected chi connectivity index (χ2v) is 9.62. The molecule has 0 aliphatic rings. The van der Waals surface area contributed by atoms with Crippen molar-refractivity contribution in [2.24, 2.45) is 0 Å². The monoisotopic (exact) mass is 539 g/mol. The van der Waals surface area contributed by atoms with Crippen LogP contribution in [0.15, 0.2) is 53.7 Å². The summed E-state index contributed by atoms with van der Waals surface area (Å²) in [5.74, 6) is 1.91. The van der Waals surface area contributed by atoms with Crippen molar-refractivity contribution < 1.29 is 23.8 Å². The zero-order chi connectivity index (χ0) is 27.3. The summed E-state index contributed by atoms with van der Waals surface area (Å²) in [4.78, 5) is 28.5. The van der Waals surface area contributed by atoms with E-state index in [2.05, 4.69) is 28.9 Å². The smallest absolute Gasteiger partial charge is 0.306 e. The van der Waals surface area contributed by atoms with Crippen LogP contribution in [0.2, 0.25) is 0 Å². The quantitative estimate of drug-likeness (QED) is 0.153. The van der Waals surface area contributed by atoms with E-state index >= 15 is 0 Å². The normalized spacial score (nSPS) is 10.7. The van der Waals surface area contributed by atoms with Gasteiger partial charge in [0, 0.05) is 36.4 Å². The molecule has 1 aromatic heterocycles. The molecule has 1 heterocycles. The van der Waals surface area contributed by atoms with Crippen molar-refractivity contribution in [3.8, 4) is 34.0 Å². The van der Waals surface area contributed by atoms with Crippen LogP contribution < -0.4 is 14.8 Å². The Hall–Kier alpha value is -3.46. The summed E-state index contributed by atoms with van der Waals surface area (Å²) in [6.07, 6.45) is 1.99. The number of benzene rings is 2. The lowest BCUT2D eigenvalue weighted by molar-refractivity contribution is -0.144. The van der Waals surface area contributed by atoms with Gasteiger partial charge in [0.25, 0.3) is 0 Å².